The fraction of sp³-hybridized carbons (Fsp3) is 1.00. The number of hydrogen-bond acceptors (Lipinski definition) is 5. The molecule has 0 N–H and O–H groups in total. The summed E-state index contributed by atoms with van der Waals surface area (Å²) in [6, 6.07) is 0. The third kappa shape index (κ3) is 3.45. The van der Waals surface area contributed by atoms with Crippen LogP contribution in [0.15, 0.2) is 0 Å². The van der Waals surface area contributed by atoms with Gasteiger partial charge in [-0.2, -0.15) is 0 Å². The van der Waals surface area contributed by atoms with Crippen molar-refractivity contribution in [3.05, 3.63) is 0 Å². The van der Waals surface area contributed by atoms with Crippen molar-refractivity contribution in [2.45, 2.75) is 24.6 Å². The van der Waals surface area contributed by atoms with Crippen LogP contribution in [0.25, 0.3) is 0 Å². The summed E-state index contributed by atoms with van der Waals surface area (Å²) in [6.45, 7) is 2.12. The molecule has 3 nitrogen and oxygen atoms in total. The molecule has 0 saturated carbocycles. The van der Waals surface area contributed by atoms with Gasteiger partial charge in [-0.05, 0) is 6.42 Å². The molecule has 0 aromatic heterocycles. The molecule has 1 unspecified atom stereocenters. The molecule has 0 fully saturated rings. The van der Waals surface area contributed by atoms with E-state index < -0.39 is 8.80 Å². The van der Waals surface area contributed by atoms with E-state index in [9.17, 15) is 0 Å². The van der Waals surface area contributed by atoms with E-state index in [0.717, 1.165) is 12.8 Å². The summed E-state index contributed by atoms with van der Waals surface area (Å²) >= 11 is 4.22. The van der Waals surface area contributed by atoms with Crippen molar-refractivity contribution in [2.24, 2.45) is 0 Å². The predicted molar refractivity (Wildman–Crippen MR) is 62.1 cm³/mol. The fourth-order valence-corrected chi connectivity index (χ4v) is 6.33. The highest BCUT2D eigenvalue weighted by Gasteiger charge is 2.46. The molecule has 1 atom stereocenters. The van der Waals surface area contributed by atoms with Gasteiger partial charge in [0.25, 0.3) is 0 Å². The Hall–Kier alpha value is 0.797. The lowest BCUT2D eigenvalue weighted by atomic mass is 10.4. The second-order valence-electron chi connectivity index (χ2n) is 2.60. The summed E-state index contributed by atoms with van der Waals surface area (Å²) in [6.07, 6.45) is 2.07. The maximum absolute atomic E-state index is 5.37. The highest BCUT2D eigenvalue weighted by atomic mass is 33.1. The molecule has 0 aliphatic rings. The van der Waals surface area contributed by atoms with Gasteiger partial charge >= 0.3 is 8.80 Å². The number of thiol groups is 1. The van der Waals surface area contributed by atoms with E-state index in [2.05, 4.69) is 18.6 Å². The van der Waals surface area contributed by atoms with Crippen LogP contribution in [-0.4, -0.2) is 35.0 Å². The molecule has 0 aromatic carbocycles. The van der Waals surface area contributed by atoms with Gasteiger partial charge in [-0.25, -0.2) is 0 Å². The van der Waals surface area contributed by atoms with E-state index in [1.54, 1.807) is 21.3 Å². The molecular weight excluding hydrogens is 224 g/mol. The minimum atomic E-state index is -2.48. The van der Waals surface area contributed by atoms with Gasteiger partial charge in [-0.3, -0.25) is 0 Å². The maximum Gasteiger partial charge on any atom is 0.514 e. The van der Waals surface area contributed by atoms with Crippen LogP contribution < -0.4 is 0 Å². The van der Waals surface area contributed by atoms with Crippen LogP contribution in [0.2, 0.25) is 0 Å². The largest absolute Gasteiger partial charge is 0.514 e. The molecule has 0 heterocycles. The Morgan fingerprint density at radius 2 is 1.69 bits per heavy atom. The summed E-state index contributed by atoms with van der Waals surface area (Å²) in [5.74, 6) is 0. The monoisotopic (exact) mass is 242 g/mol. The van der Waals surface area contributed by atoms with Gasteiger partial charge in [0.1, 0.15) is 0 Å². The van der Waals surface area contributed by atoms with Crippen molar-refractivity contribution in [1.82, 2.24) is 0 Å². The Morgan fingerprint density at radius 1 is 1.23 bits per heavy atom. The Bertz CT molecular complexity index is 125. The van der Waals surface area contributed by atoms with E-state index in [4.69, 9.17) is 13.3 Å². The normalized spacial score (nSPS) is 14.5. The molecule has 0 saturated heterocycles. The number of hydrogen-bond donors (Lipinski definition) is 1. The smallest absolute Gasteiger partial charge is 0.376 e. The lowest BCUT2D eigenvalue weighted by molar-refractivity contribution is 0.120. The summed E-state index contributed by atoms with van der Waals surface area (Å²) in [5.41, 5.74) is 0. The summed E-state index contributed by atoms with van der Waals surface area (Å²) in [7, 11) is 3.87. The molecule has 0 aromatic rings. The first kappa shape index (κ1) is 13.8. The van der Waals surface area contributed by atoms with Crippen molar-refractivity contribution in [2.75, 3.05) is 21.3 Å². The topological polar surface area (TPSA) is 27.7 Å². The highest BCUT2D eigenvalue weighted by molar-refractivity contribution is 8.69. The van der Waals surface area contributed by atoms with Crippen LogP contribution in [0.4, 0.5) is 0 Å². The molecule has 0 radical (unpaired) electrons. The van der Waals surface area contributed by atoms with Gasteiger partial charge in [0.05, 0.1) is 4.87 Å². The van der Waals surface area contributed by atoms with Gasteiger partial charge in [-0.15, -0.1) is 11.7 Å². The first-order chi connectivity index (χ1) is 6.20. The number of rotatable bonds is 7. The lowest BCUT2D eigenvalue weighted by Gasteiger charge is -2.30. The van der Waals surface area contributed by atoms with Crippen molar-refractivity contribution >= 4 is 31.3 Å². The van der Waals surface area contributed by atoms with Crippen molar-refractivity contribution < 1.29 is 13.3 Å². The molecule has 80 valence electrons. The van der Waals surface area contributed by atoms with Crippen LogP contribution >= 0.6 is 22.5 Å². The zero-order valence-corrected chi connectivity index (χ0v) is 11.3. The van der Waals surface area contributed by atoms with Crippen LogP contribution in [0.3, 0.4) is 0 Å². The molecule has 0 aliphatic heterocycles. The minimum absolute atomic E-state index is 0.209. The van der Waals surface area contributed by atoms with E-state index in [-0.39, 0.29) is 4.87 Å². The van der Waals surface area contributed by atoms with E-state index in [0.29, 0.717) is 0 Å². The molecule has 0 aliphatic carbocycles. The van der Waals surface area contributed by atoms with Crippen LogP contribution in [0, 0.1) is 0 Å². The molecule has 0 rings (SSSR count). The molecule has 6 heteroatoms. The van der Waals surface area contributed by atoms with Gasteiger partial charge in [0, 0.05) is 21.3 Å². The summed E-state index contributed by atoms with van der Waals surface area (Å²) in [5, 5.41) is 0. The van der Waals surface area contributed by atoms with Gasteiger partial charge in [-0.1, -0.05) is 24.1 Å². The first-order valence-electron chi connectivity index (χ1n) is 4.16. The van der Waals surface area contributed by atoms with E-state index in [1.807, 2.05) is 0 Å². The average Bonchev–Trinajstić information content (AvgIpc) is 2.19. The van der Waals surface area contributed by atoms with Crippen LogP contribution in [0.1, 0.15) is 19.8 Å². The Kier molecular flexibility index (Phi) is 7.57. The third-order valence-corrected chi connectivity index (χ3v) is 7.78. The van der Waals surface area contributed by atoms with Gasteiger partial charge < -0.3 is 13.3 Å². The lowest BCUT2D eigenvalue weighted by Crippen LogP contribution is -2.52. The second kappa shape index (κ2) is 7.14. The van der Waals surface area contributed by atoms with E-state index >= 15 is 0 Å². The maximum atomic E-state index is 5.37. The minimum Gasteiger partial charge on any atom is -0.376 e. The van der Waals surface area contributed by atoms with Crippen LogP contribution in [-0.2, 0) is 13.3 Å². The molecule has 13 heavy (non-hydrogen) atoms. The predicted octanol–water partition coefficient (Wildman–Crippen LogP) is 2.15. The summed E-state index contributed by atoms with van der Waals surface area (Å²) < 4.78 is 16.1. The summed E-state index contributed by atoms with van der Waals surface area (Å²) in [4.78, 5) is 0.209. The Balaban J connectivity index is 4.45. The Labute approximate surface area is 90.7 Å². The third-order valence-electron chi connectivity index (χ3n) is 1.93. The zero-order chi connectivity index (χ0) is 10.3. The average molecular weight is 242 g/mol. The van der Waals surface area contributed by atoms with Crippen molar-refractivity contribution in [3.8, 4) is 0 Å². The first-order valence-corrected chi connectivity index (χ1v) is 7.89. The standard InChI is InChI=1S/C7H18O3S2Si/c1-5-6-7(12-11)13(8-2,9-3)10-4/h7,11H,5-6H2,1-4H3. The molecule has 0 spiro atoms. The quantitative estimate of drug-likeness (QED) is 0.420. The molecule has 0 amide bonds. The zero-order valence-electron chi connectivity index (χ0n) is 8.57. The van der Waals surface area contributed by atoms with Crippen LogP contribution in [0.5, 0.6) is 0 Å². The SMILES string of the molecule is CCCC(SS)[Si](OC)(OC)OC. The van der Waals surface area contributed by atoms with Crippen molar-refractivity contribution in [1.29, 1.82) is 0 Å². The second-order valence-corrected chi connectivity index (χ2v) is 7.56. The molecular formula is C7H18O3S2Si. The van der Waals surface area contributed by atoms with E-state index in [1.165, 1.54) is 10.8 Å². The fourth-order valence-electron chi connectivity index (χ4n) is 1.20. The Morgan fingerprint density at radius 3 is 1.92 bits per heavy atom. The molecule has 0 bridgehead atoms. The van der Waals surface area contributed by atoms with Crippen molar-refractivity contribution in [3.63, 3.8) is 0 Å². The highest BCUT2D eigenvalue weighted by Crippen LogP contribution is 2.30. The van der Waals surface area contributed by atoms with Gasteiger partial charge in [0.15, 0.2) is 0 Å². The van der Waals surface area contributed by atoms with Gasteiger partial charge in [0.2, 0.25) is 0 Å².